The zero-order chi connectivity index (χ0) is 12.8. The zero-order valence-electron chi connectivity index (χ0n) is 10.9. The van der Waals surface area contributed by atoms with Crippen LogP contribution in [-0.2, 0) is 17.8 Å². The van der Waals surface area contributed by atoms with Gasteiger partial charge in [-0.25, -0.2) is 4.98 Å². The molecule has 4 heteroatoms. The van der Waals surface area contributed by atoms with Crippen LogP contribution >= 0.6 is 0 Å². The molecule has 100 valence electrons. The lowest BCUT2D eigenvalue weighted by Gasteiger charge is -2.12. The summed E-state index contributed by atoms with van der Waals surface area (Å²) in [7, 11) is 0. The van der Waals surface area contributed by atoms with Crippen molar-refractivity contribution in [2.75, 3.05) is 13.2 Å². The second-order valence-electron chi connectivity index (χ2n) is 4.66. The molecule has 0 spiro atoms. The van der Waals surface area contributed by atoms with E-state index in [0.29, 0.717) is 12.5 Å². The number of aryl methyl sites for hydroxylation is 1. The summed E-state index contributed by atoms with van der Waals surface area (Å²) in [5.74, 6) is 0.598. The Kier molecular flexibility index (Phi) is 4.96. The average Bonchev–Trinajstić information content (AvgIpc) is 2.89. The number of rotatable bonds is 6. The summed E-state index contributed by atoms with van der Waals surface area (Å²) >= 11 is 0. The van der Waals surface area contributed by atoms with E-state index < -0.39 is 0 Å². The first-order valence-corrected chi connectivity index (χ1v) is 6.67. The zero-order valence-corrected chi connectivity index (χ0v) is 10.9. The van der Waals surface area contributed by atoms with Crippen molar-refractivity contribution in [2.24, 2.45) is 0 Å². The largest absolute Gasteiger partial charge is 0.475 e. The Morgan fingerprint density at radius 1 is 1.50 bits per heavy atom. The van der Waals surface area contributed by atoms with Crippen molar-refractivity contribution in [3.8, 4) is 5.88 Å². The van der Waals surface area contributed by atoms with E-state index in [2.05, 4.69) is 11.9 Å². The Morgan fingerprint density at radius 3 is 3.06 bits per heavy atom. The maximum absolute atomic E-state index is 9.23. The van der Waals surface area contributed by atoms with Gasteiger partial charge < -0.3 is 14.6 Å². The first-order chi connectivity index (χ1) is 8.81. The van der Waals surface area contributed by atoms with E-state index in [1.54, 1.807) is 6.07 Å². The molecule has 1 atom stereocenters. The van der Waals surface area contributed by atoms with Crippen molar-refractivity contribution in [1.29, 1.82) is 0 Å². The van der Waals surface area contributed by atoms with Crippen LogP contribution in [0.25, 0.3) is 0 Å². The molecule has 2 heterocycles. The highest BCUT2D eigenvalue weighted by Gasteiger charge is 2.16. The number of nitrogens with zero attached hydrogens (tertiary/aromatic N) is 1. The summed E-state index contributed by atoms with van der Waals surface area (Å²) in [6, 6.07) is 3.73. The molecule has 0 amide bonds. The Labute approximate surface area is 108 Å². The lowest BCUT2D eigenvalue weighted by molar-refractivity contribution is 0.0662. The van der Waals surface area contributed by atoms with Gasteiger partial charge in [0.15, 0.2) is 0 Å². The third-order valence-corrected chi connectivity index (χ3v) is 3.04. The summed E-state index contributed by atoms with van der Waals surface area (Å²) in [5.41, 5.74) is 1.84. The van der Waals surface area contributed by atoms with Gasteiger partial charge in [-0.3, -0.25) is 0 Å². The number of hydrogen-bond acceptors (Lipinski definition) is 4. The second kappa shape index (κ2) is 6.71. The van der Waals surface area contributed by atoms with E-state index >= 15 is 0 Å². The molecule has 1 N–H and O–H groups in total. The Morgan fingerprint density at radius 2 is 2.39 bits per heavy atom. The third-order valence-electron chi connectivity index (χ3n) is 3.04. The van der Waals surface area contributed by atoms with E-state index in [9.17, 15) is 5.11 Å². The van der Waals surface area contributed by atoms with Gasteiger partial charge in [0.2, 0.25) is 5.88 Å². The summed E-state index contributed by atoms with van der Waals surface area (Å²) < 4.78 is 11.2. The van der Waals surface area contributed by atoms with Gasteiger partial charge in [0.05, 0.1) is 12.7 Å². The number of hydrogen-bond donors (Lipinski definition) is 1. The predicted molar refractivity (Wildman–Crippen MR) is 68.6 cm³/mol. The maximum atomic E-state index is 9.23. The molecule has 1 fully saturated rings. The molecule has 1 unspecified atom stereocenters. The van der Waals surface area contributed by atoms with Gasteiger partial charge in [-0.05, 0) is 30.9 Å². The minimum Gasteiger partial charge on any atom is -0.475 e. The van der Waals surface area contributed by atoms with Crippen molar-refractivity contribution in [1.82, 2.24) is 4.98 Å². The van der Waals surface area contributed by atoms with Crippen molar-refractivity contribution < 1.29 is 14.6 Å². The number of pyridine rings is 1. The molecule has 18 heavy (non-hydrogen) atoms. The average molecular weight is 251 g/mol. The van der Waals surface area contributed by atoms with Gasteiger partial charge in [0, 0.05) is 18.4 Å². The Bertz CT molecular complexity index is 375. The highest BCUT2D eigenvalue weighted by molar-refractivity contribution is 5.24. The topological polar surface area (TPSA) is 51.6 Å². The molecule has 2 rings (SSSR count). The van der Waals surface area contributed by atoms with E-state index in [1.807, 2.05) is 6.07 Å². The normalized spacial score (nSPS) is 19.1. The van der Waals surface area contributed by atoms with Crippen LogP contribution < -0.4 is 4.74 Å². The third kappa shape index (κ3) is 3.68. The van der Waals surface area contributed by atoms with Crippen LogP contribution in [0.5, 0.6) is 5.88 Å². The molecule has 1 aliphatic heterocycles. The van der Waals surface area contributed by atoms with Crippen molar-refractivity contribution in [2.45, 2.75) is 45.3 Å². The molecule has 1 aromatic rings. The fraction of sp³-hybridized carbons (Fsp3) is 0.643. The molecular weight excluding hydrogens is 230 g/mol. The van der Waals surface area contributed by atoms with Gasteiger partial charge >= 0.3 is 0 Å². The lowest BCUT2D eigenvalue weighted by Crippen LogP contribution is -2.17. The molecule has 1 aliphatic rings. The lowest BCUT2D eigenvalue weighted by atomic mass is 10.2. The number of aliphatic hydroxyl groups excluding tert-OH is 1. The van der Waals surface area contributed by atoms with Crippen molar-refractivity contribution >= 4 is 0 Å². The Hall–Kier alpha value is -1.13. The van der Waals surface area contributed by atoms with Crippen LogP contribution in [0, 0.1) is 0 Å². The van der Waals surface area contributed by atoms with Crippen LogP contribution in [0.15, 0.2) is 12.1 Å². The van der Waals surface area contributed by atoms with E-state index in [0.717, 1.165) is 43.5 Å². The summed E-state index contributed by atoms with van der Waals surface area (Å²) in [6.45, 7) is 3.52. The molecule has 0 aliphatic carbocycles. The van der Waals surface area contributed by atoms with Gasteiger partial charge in [0.25, 0.3) is 0 Å². The standard InChI is InChI=1S/C14H21NO3/c1-2-4-12-7-11(9-16)8-14(15-12)18-10-13-5-3-6-17-13/h7-8,13,16H,2-6,9-10H2,1H3. The quantitative estimate of drug-likeness (QED) is 0.841. The molecule has 1 aromatic heterocycles. The number of aliphatic hydroxyl groups is 1. The summed E-state index contributed by atoms with van der Waals surface area (Å²) in [5, 5.41) is 9.23. The fourth-order valence-corrected chi connectivity index (χ4v) is 2.12. The minimum absolute atomic E-state index is 0.0233. The molecule has 0 aromatic carbocycles. The van der Waals surface area contributed by atoms with E-state index in [1.165, 1.54) is 0 Å². The van der Waals surface area contributed by atoms with Gasteiger partial charge in [-0.1, -0.05) is 13.3 Å². The molecule has 0 saturated carbocycles. The van der Waals surface area contributed by atoms with Crippen LogP contribution in [0.3, 0.4) is 0 Å². The number of ether oxygens (including phenoxy) is 2. The van der Waals surface area contributed by atoms with Crippen LogP contribution in [0.1, 0.15) is 37.4 Å². The van der Waals surface area contributed by atoms with Gasteiger partial charge in [-0.15, -0.1) is 0 Å². The molecule has 0 bridgehead atoms. The van der Waals surface area contributed by atoms with Crippen LogP contribution in [0.4, 0.5) is 0 Å². The summed E-state index contributed by atoms with van der Waals surface area (Å²) in [6.07, 6.45) is 4.30. The first-order valence-electron chi connectivity index (χ1n) is 6.67. The monoisotopic (exact) mass is 251 g/mol. The van der Waals surface area contributed by atoms with Crippen LogP contribution in [-0.4, -0.2) is 29.4 Å². The smallest absolute Gasteiger partial charge is 0.213 e. The summed E-state index contributed by atoms with van der Waals surface area (Å²) in [4.78, 5) is 4.44. The second-order valence-corrected chi connectivity index (χ2v) is 4.66. The fourth-order valence-electron chi connectivity index (χ4n) is 2.12. The minimum atomic E-state index is 0.0233. The number of aromatic nitrogens is 1. The van der Waals surface area contributed by atoms with E-state index in [-0.39, 0.29) is 12.7 Å². The molecule has 1 saturated heterocycles. The maximum Gasteiger partial charge on any atom is 0.213 e. The highest BCUT2D eigenvalue weighted by Crippen LogP contribution is 2.17. The molecule has 0 radical (unpaired) electrons. The van der Waals surface area contributed by atoms with Crippen molar-refractivity contribution in [3.63, 3.8) is 0 Å². The van der Waals surface area contributed by atoms with Crippen molar-refractivity contribution in [3.05, 3.63) is 23.4 Å². The highest BCUT2D eigenvalue weighted by atomic mass is 16.5. The molecular formula is C14H21NO3. The van der Waals surface area contributed by atoms with Gasteiger partial charge in [0.1, 0.15) is 6.61 Å². The van der Waals surface area contributed by atoms with E-state index in [4.69, 9.17) is 9.47 Å². The first kappa shape index (κ1) is 13.3. The Balaban J connectivity index is 1.98. The van der Waals surface area contributed by atoms with Gasteiger partial charge in [-0.2, -0.15) is 0 Å². The predicted octanol–water partition coefficient (Wildman–Crippen LogP) is 2.08. The van der Waals surface area contributed by atoms with Crippen LogP contribution in [0.2, 0.25) is 0 Å². The molecule has 4 nitrogen and oxygen atoms in total. The SMILES string of the molecule is CCCc1cc(CO)cc(OCC2CCCO2)n1.